The first-order valence-electron chi connectivity index (χ1n) is 11.9. The van der Waals surface area contributed by atoms with E-state index in [4.69, 9.17) is 0 Å². The minimum absolute atomic E-state index is 0.0123. The van der Waals surface area contributed by atoms with Gasteiger partial charge in [0.15, 0.2) is 5.78 Å². The van der Waals surface area contributed by atoms with Crippen LogP contribution in [-0.4, -0.2) is 27.6 Å². The van der Waals surface area contributed by atoms with Crippen LogP contribution in [0.4, 0.5) is 30.2 Å². The van der Waals surface area contributed by atoms with Gasteiger partial charge in [-0.05, 0) is 50.1 Å². The molecule has 4 rings (SSSR count). The summed E-state index contributed by atoms with van der Waals surface area (Å²) in [6.45, 7) is 3.05. The van der Waals surface area contributed by atoms with Crippen molar-refractivity contribution < 1.29 is 27.6 Å². The van der Waals surface area contributed by atoms with E-state index < -0.39 is 17.2 Å². The standard InChI is InChI=1S/C27H26F3N5O3/c1-16-3-6-23(22(9-16)27(28,29)30)35-20-5-4-19(32-15-20)14-33-25(38)26(7-8-26)11-24(37)18-10-21(13-31-12-18)34-17(2)36/h3-6,9-10,12-13,15,35H,7-8,11,14H2,1-2H3,(H,33,38)(H,34,36). The minimum atomic E-state index is -4.50. The van der Waals surface area contributed by atoms with Crippen molar-refractivity contribution in [1.29, 1.82) is 0 Å². The second-order valence-electron chi connectivity index (χ2n) is 9.42. The highest BCUT2D eigenvalue weighted by Gasteiger charge is 2.51. The average molecular weight is 526 g/mol. The molecule has 0 radical (unpaired) electrons. The minimum Gasteiger partial charge on any atom is -0.354 e. The Balaban J connectivity index is 1.34. The number of hydrogen-bond acceptors (Lipinski definition) is 6. The molecule has 1 saturated carbocycles. The molecule has 38 heavy (non-hydrogen) atoms. The van der Waals surface area contributed by atoms with Crippen molar-refractivity contribution in [3.8, 4) is 0 Å². The van der Waals surface area contributed by atoms with Crippen LogP contribution in [0.3, 0.4) is 0 Å². The maximum atomic E-state index is 13.4. The van der Waals surface area contributed by atoms with Gasteiger partial charge in [-0.25, -0.2) is 0 Å². The van der Waals surface area contributed by atoms with Crippen LogP contribution >= 0.6 is 0 Å². The number of rotatable bonds is 9. The van der Waals surface area contributed by atoms with Crippen molar-refractivity contribution in [2.24, 2.45) is 5.41 Å². The van der Waals surface area contributed by atoms with Gasteiger partial charge >= 0.3 is 6.18 Å². The van der Waals surface area contributed by atoms with Crippen LogP contribution in [0, 0.1) is 12.3 Å². The molecule has 2 aromatic heterocycles. The van der Waals surface area contributed by atoms with E-state index in [-0.39, 0.29) is 36.3 Å². The number of halogens is 3. The molecule has 0 atom stereocenters. The first-order valence-corrected chi connectivity index (χ1v) is 11.9. The maximum absolute atomic E-state index is 13.4. The Kier molecular flexibility index (Phi) is 7.47. The fourth-order valence-corrected chi connectivity index (χ4v) is 4.03. The van der Waals surface area contributed by atoms with Gasteiger partial charge in [0.25, 0.3) is 0 Å². The van der Waals surface area contributed by atoms with Gasteiger partial charge in [-0.1, -0.05) is 11.6 Å². The molecule has 0 aliphatic heterocycles. The van der Waals surface area contributed by atoms with E-state index in [1.165, 1.54) is 37.6 Å². The Hall–Kier alpha value is -4.28. The third kappa shape index (κ3) is 6.53. The van der Waals surface area contributed by atoms with E-state index >= 15 is 0 Å². The quantitative estimate of drug-likeness (QED) is 0.332. The largest absolute Gasteiger partial charge is 0.418 e. The van der Waals surface area contributed by atoms with E-state index in [1.54, 1.807) is 25.1 Å². The van der Waals surface area contributed by atoms with Gasteiger partial charge < -0.3 is 16.0 Å². The molecule has 1 aliphatic rings. The Bertz CT molecular complexity index is 1370. The fourth-order valence-electron chi connectivity index (χ4n) is 4.03. The number of amides is 2. The maximum Gasteiger partial charge on any atom is 0.418 e. The van der Waals surface area contributed by atoms with E-state index in [9.17, 15) is 27.6 Å². The van der Waals surface area contributed by atoms with Crippen LogP contribution in [0.1, 0.15) is 53.4 Å². The number of benzene rings is 1. The molecule has 1 fully saturated rings. The summed E-state index contributed by atoms with van der Waals surface area (Å²) in [7, 11) is 0. The number of pyridine rings is 2. The third-order valence-corrected chi connectivity index (χ3v) is 6.23. The van der Waals surface area contributed by atoms with E-state index in [0.717, 1.165) is 6.07 Å². The Morgan fingerprint density at radius 2 is 1.76 bits per heavy atom. The summed E-state index contributed by atoms with van der Waals surface area (Å²) in [6, 6.07) is 8.75. The molecule has 11 heteroatoms. The number of Topliss-reactive ketones (excluding diaryl/α,β-unsaturated/α-hetero) is 1. The third-order valence-electron chi connectivity index (χ3n) is 6.23. The molecule has 3 N–H and O–H groups in total. The lowest BCUT2D eigenvalue weighted by Crippen LogP contribution is -2.33. The van der Waals surface area contributed by atoms with Crippen molar-refractivity contribution in [2.75, 3.05) is 10.6 Å². The van der Waals surface area contributed by atoms with Gasteiger partial charge in [0.05, 0.1) is 52.7 Å². The molecule has 198 valence electrons. The predicted octanol–water partition coefficient (Wildman–Crippen LogP) is 5.18. The molecule has 2 heterocycles. The molecular weight excluding hydrogens is 499 g/mol. The number of nitrogens with one attached hydrogen (secondary N) is 3. The van der Waals surface area contributed by atoms with Crippen LogP contribution in [0.25, 0.3) is 0 Å². The van der Waals surface area contributed by atoms with Crippen LogP contribution in [0.2, 0.25) is 0 Å². The predicted molar refractivity (Wildman–Crippen MR) is 135 cm³/mol. The van der Waals surface area contributed by atoms with Gasteiger partial charge in [-0.15, -0.1) is 0 Å². The van der Waals surface area contributed by atoms with E-state index in [0.29, 0.717) is 41.0 Å². The molecule has 0 saturated heterocycles. The lowest BCUT2D eigenvalue weighted by atomic mass is 9.95. The second kappa shape index (κ2) is 10.6. The zero-order chi connectivity index (χ0) is 27.5. The zero-order valence-electron chi connectivity index (χ0n) is 20.8. The summed E-state index contributed by atoms with van der Waals surface area (Å²) < 4.78 is 40.1. The van der Waals surface area contributed by atoms with Crippen molar-refractivity contribution >= 4 is 34.7 Å². The first kappa shape index (κ1) is 26.8. The zero-order valence-corrected chi connectivity index (χ0v) is 20.8. The number of carbonyl (C=O) groups excluding carboxylic acids is 3. The number of nitrogens with zero attached hydrogens (tertiary/aromatic N) is 2. The topological polar surface area (TPSA) is 113 Å². The van der Waals surface area contributed by atoms with Crippen molar-refractivity contribution in [3.63, 3.8) is 0 Å². The smallest absolute Gasteiger partial charge is 0.354 e. The van der Waals surface area contributed by atoms with Gasteiger partial charge in [0.1, 0.15) is 0 Å². The lowest BCUT2D eigenvalue weighted by Gasteiger charge is -2.16. The SMILES string of the molecule is CC(=O)Nc1cncc(C(=O)CC2(C(=O)NCc3ccc(Nc4ccc(C)cc4C(F)(F)F)cn3)CC2)c1. The number of carbonyl (C=O) groups is 3. The van der Waals surface area contributed by atoms with Gasteiger partial charge in [0, 0.05) is 25.1 Å². The first-order chi connectivity index (χ1) is 17.9. The Morgan fingerprint density at radius 3 is 2.39 bits per heavy atom. The van der Waals surface area contributed by atoms with Gasteiger partial charge in [-0.3, -0.25) is 24.4 Å². The highest BCUT2D eigenvalue weighted by atomic mass is 19.4. The van der Waals surface area contributed by atoms with E-state index in [2.05, 4.69) is 25.9 Å². The second-order valence-corrected chi connectivity index (χ2v) is 9.42. The number of aryl methyl sites for hydroxylation is 1. The summed E-state index contributed by atoms with van der Waals surface area (Å²) >= 11 is 0. The molecule has 1 aliphatic carbocycles. The lowest BCUT2D eigenvalue weighted by molar-refractivity contribution is -0.137. The van der Waals surface area contributed by atoms with Crippen molar-refractivity contribution in [1.82, 2.24) is 15.3 Å². The van der Waals surface area contributed by atoms with Crippen molar-refractivity contribution in [3.05, 3.63) is 77.4 Å². The van der Waals surface area contributed by atoms with Gasteiger partial charge in [-0.2, -0.15) is 13.2 Å². The molecule has 0 bridgehead atoms. The molecular formula is C27H26F3N5O3. The number of alkyl halides is 3. The Labute approximate surface area is 217 Å². The van der Waals surface area contributed by atoms with Crippen molar-refractivity contribution in [2.45, 2.75) is 45.8 Å². The van der Waals surface area contributed by atoms with Crippen LogP contribution < -0.4 is 16.0 Å². The summed E-state index contributed by atoms with van der Waals surface area (Å²) in [6.07, 6.45) is 0.870. The van der Waals surface area contributed by atoms with Crippen LogP contribution in [0.15, 0.2) is 55.0 Å². The van der Waals surface area contributed by atoms with E-state index in [1.807, 2.05) is 0 Å². The Morgan fingerprint density at radius 1 is 1.00 bits per heavy atom. The number of ketones is 1. The summed E-state index contributed by atoms with van der Waals surface area (Å²) in [5.74, 6) is -0.802. The number of hydrogen-bond donors (Lipinski definition) is 3. The molecule has 8 nitrogen and oxygen atoms in total. The highest BCUT2D eigenvalue weighted by molar-refractivity contribution is 6.01. The molecule has 0 spiro atoms. The number of anilines is 3. The summed E-state index contributed by atoms with van der Waals surface area (Å²) in [4.78, 5) is 45.1. The summed E-state index contributed by atoms with van der Waals surface area (Å²) in [5, 5.41) is 8.13. The highest BCUT2D eigenvalue weighted by Crippen LogP contribution is 2.49. The molecule has 2 amide bonds. The van der Waals surface area contributed by atoms with Crippen LogP contribution in [-0.2, 0) is 22.3 Å². The molecule has 1 aromatic carbocycles. The normalized spacial score (nSPS) is 13.9. The number of aromatic nitrogens is 2. The van der Waals surface area contributed by atoms with Gasteiger partial charge in [0.2, 0.25) is 11.8 Å². The monoisotopic (exact) mass is 525 g/mol. The summed E-state index contributed by atoms with van der Waals surface area (Å²) in [5.41, 5.74) is 0.437. The molecule has 0 unspecified atom stereocenters. The molecule has 3 aromatic rings. The van der Waals surface area contributed by atoms with Crippen LogP contribution in [0.5, 0.6) is 0 Å². The average Bonchev–Trinajstić information content (AvgIpc) is 3.64. The fraction of sp³-hybridized carbons (Fsp3) is 0.296.